The van der Waals surface area contributed by atoms with E-state index in [0.717, 1.165) is 5.39 Å². The van der Waals surface area contributed by atoms with E-state index in [9.17, 15) is 58.2 Å². The molecule has 0 bridgehead atoms. The molecule has 0 saturated carbocycles. The molecule has 36 heteroatoms. The number of hydrogen-bond donors (Lipinski definition) is 19. The summed E-state index contributed by atoms with van der Waals surface area (Å²) in [5.74, 6) is -18.0. The minimum Gasteiger partial charge on any atom is -0.480 e. The number of carbonyl (C=O) groups excluding carboxylic acids is 12. The number of carboxylic acids is 1. The fraction of sp³-hybridized carbons (Fsp3) is 0.554. The van der Waals surface area contributed by atoms with E-state index in [-0.39, 0.29) is 126 Å². The van der Waals surface area contributed by atoms with E-state index in [0.29, 0.717) is 16.5 Å². The van der Waals surface area contributed by atoms with Crippen molar-refractivity contribution in [3.05, 3.63) is 83.9 Å². The Morgan fingerprint density at radius 3 is 1.29 bits per heavy atom. The average Bonchev–Trinajstić information content (AvgIpc) is 0.818. The summed E-state index contributed by atoms with van der Waals surface area (Å²) in [7, 11) is 0. The van der Waals surface area contributed by atoms with Crippen LogP contribution in [0.15, 0.2) is 92.8 Å². The van der Waals surface area contributed by atoms with Gasteiger partial charge in [0.05, 0.1) is 36.2 Å². The third kappa shape index (κ3) is 35.0. The number of guanidine groups is 4. The quantitative estimate of drug-likeness (QED) is 0.0144. The van der Waals surface area contributed by atoms with Gasteiger partial charge in [0, 0.05) is 107 Å². The van der Waals surface area contributed by atoms with Gasteiger partial charge in [0.25, 0.3) is 0 Å². The van der Waals surface area contributed by atoms with Crippen LogP contribution >= 0.6 is 25.3 Å². The molecule has 7 amide bonds. The monoisotopic (exact) mass is 1570 g/mol. The molecule has 3 aromatic carbocycles. The summed E-state index contributed by atoms with van der Waals surface area (Å²) < 4.78 is 0. The highest BCUT2D eigenvalue weighted by atomic mass is 32.1. The summed E-state index contributed by atoms with van der Waals surface area (Å²) in [6.45, 7) is 7.34. The van der Waals surface area contributed by atoms with E-state index in [1.165, 1.54) is 13.8 Å². The first-order chi connectivity index (χ1) is 51.8. The number of nitrogens with one attached hydrogen (secondary N) is 6. The Hall–Kier alpha value is -10.2. The number of aliphatic imine (C=N–C) groups is 4. The maximum absolute atomic E-state index is 15.5. The zero-order chi connectivity index (χ0) is 82.4. The Bertz CT molecular complexity index is 3740. The first-order valence-electron chi connectivity index (χ1n) is 36.4. The first kappa shape index (κ1) is 94.0. The summed E-state index contributed by atoms with van der Waals surface area (Å²) >= 11 is 8.60. The van der Waals surface area contributed by atoms with Gasteiger partial charge in [-0.25, -0.2) is 4.79 Å². The number of aliphatic hydroxyl groups excluding tert-OH is 1. The van der Waals surface area contributed by atoms with Crippen molar-refractivity contribution in [1.82, 2.24) is 31.9 Å². The lowest BCUT2D eigenvalue weighted by molar-refractivity contribution is -0.146. The minimum atomic E-state index is -1.69. The Kier molecular flexibility index (Phi) is 41.3. The van der Waals surface area contributed by atoms with Crippen LogP contribution in [-0.4, -0.2) is 190 Å². The van der Waals surface area contributed by atoms with Gasteiger partial charge >= 0.3 is 5.97 Å². The number of nitrogens with zero attached hydrogens (tertiary/aromatic N) is 4. The number of hydrogen-bond acceptors (Lipinski definition) is 20. The van der Waals surface area contributed by atoms with Gasteiger partial charge in [0.1, 0.15) is 12.1 Å². The Morgan fingerprint density at radius 1 is 0.436 bits per heavy atom. The van der Waals surface area contributed by atoms with Gasteiger partial charge in [-0.2, -0.15) is 25.3 Å². The van der Waals surface area contributed by atoms with Gasteiger partial charge in [-0.15, -0.1) is 0 Å². The standard InChI is InChI=1S/C74H113N19O15S2/c1-41(94)62(60(100)36-48(23-14-30-86-72(80)81)66(104)93-63(69(107)108)74(3,4)5)92-68(106)50(39-109)38-57(97)53(26-27-61(75)101)90-67(105)49(33-45-20-11-19-44-18-9-10-24-51(44)45)37-58(98)54(32-43-16-7-6-8-17-43)91-65(103)46(21-12-28-84-70(76)77)34-56(96)52(25-15-31-87-73(82)83)89-64(102)47(22-13-29-85-71(78)79)35-59(99)55(40-110)88-42(2)95/h6-11,16-20,24,41,46-50,52-55,62-63,94,109-110H,12-15,21-23,25-40H2,1-5H3,(H2,75,101)(H,88,95)(H,89,102)(H,90,105)(H,91,103)(H,92,106)(H,93,104)(H,107,108)(H4,76,77,84)(H4,78,79,85)(H4,80,81,86)(H4,82,83,87)/t41-,46-,47-,48-,49-,50+,52+,53+,54+,55+,62+,63-/m1/s1. The maximum Gasteiger partial charge on any atom is 0.326 e. The fourth-order valence-electron chi connectivity index (χ4n) is 12.3. The molecule has 0 aliphatic rings. The summed E-state index contributed by atoms with van der Waals surface area (Å²) in [4.78, 5) is 199. The highest BCUT2D eigenvalue weighted by molar-refractivity contribution is 7.80. The van der Waals surface area contributed by atoms with Crippen LogP contribution in [0.25, 0.3) is 10.8 Å². The first-order valence-corrected chi connectivity index (χ1v) is 37.7. The number of thiol groups is 2. The number of rotatable bonds is 53. The van der Waals surface area contributed by atoms with E-state index >= 15 is 14.4 Å². The second kappa shape index (κ2) is 48.3. The normalized spacial score (nSPS) is 14.5. The molecule has 34 nitrogen and oxygen atoms in total. The molecule has 0 aliphatic heterocycles. The van der Waals surface area contributed by atoms with E-state index in [2.05, 4.69) is 77.1 Å². The van der Waals surface area contributed by atoms with Gasteiger partial charge in [-0.1, -0.05) is 93.6 Å². The fourth-order valence-corrected chi connectivity index (χ4v) is 12.9. The molecule has 606 valence electrons. The topological polar surface area (TPSA) is 618 Å². The molecule has 0 fully saturated rings. The molecule has 110 heavy (non-hydrogen) atoms. The third-order valence-corrected chi connectivity index (χ3v) is 19.0. The second-order valence-corrected chi connectivity index (χ2v) is 29.1. The highest BCUT2D eigenvalue weighted by Crippen LogP contribution is 2.27. The predicted molar refractivity (Wildman–Crippen MR) is 425 cm³/mol. The molecular formula is C74H113N19O15S2. The van der Waals surface area contributed by atoms with Crippen LogP contribution in [0.5, 0.6) is 0 Å². The van der Waals surface area contributed by atoms with Crippen LogP contribution in [0.4, 0.5) is 0 Å². The number of benzene rings is 3. The predicted octanol–water partition coefficient (Wildman–Crippen LogP) is -0.718. The summed E-state index contributed by atoms with van der Waals surface area (Å²) in [5, 5.41) is 38.4. The third-order valence-electron chi connectivity index (χ3n) is 18.2. The highest BCUT2D eigenvalue weighted by Gasteiger charge is 2.40. The molecule has 0 saturated heterocycles. The van der Waals surface area contributed by atoms with Crippen LogP contribution in [0.3, 0.4) is 0 Å². The van der Waals surface area contributed by atoms with Crippen molar-refractivity contribution in [1.29, 1.82) is 0 Å². The number of amides is 7. The van der Waals surface area contributed by atoms with Gasteiger partial charge in [0.15, 0.2) is 52.8 Å². The lowest BCUT2D eigenvalue weighted by Crippen LogP contribution is -2.53. The van der Waals surface area contributed by atoms with E-state index < -0.39 is 199 Å². The molecule has 3 aromatic rings. The largest absolute Gasteiger partial charge is 0.480 e. The van der Waals surface area contributed by atoms with Crippen LogP contribution < -0.4 is 83.5 Å². The molecule has 12 atom stereocenters. The van der Waals surface area contributed by atoms with Gasteiger partial charge in [-0.3, -0.25) is 77.5 Å². The molecule has 0 heterocycles. The number of fused-ring (bicyclic) bond motifs is 1. The average molecular weight is 1570 g/mol. The SMILES string of the molecule is CC(=O)N[C@@H](CS)C(=O)C[C@@H](CCCN=C(N)N)C(=O)N[C@@H](CCCN=C(N)N)C(=O)C[C@@H](CCCN=C(N)N)C(=O)N[C@@H](Cc1ccccc1)C(=O)C[C@@H](Cc1cccc2ccccc12)C(=O)N[C@@H](CCC(N)=O)C(=O)C[C@@H](CS)C(=O)N[C@H](C(=O)C[C@@H](CCCN=C(N)N)C(=O)N[C@H](C(=O)O)C(C)(C)C)[C@@H](C)O. The minimum absolute atomic E-state index is 0.000208. The zero-order valence-corrected chi connectivity index (χ0v) is 65.0. The van der Waals surface area contributed by atoms with E-state index in [1.54, 1.807) is 69.3 Å². The van der Waals surface area contributed by atoms with Crippen molar-refractivity contribution >= 4 is 136 Å². The molecule has 0 radical (unpaired) electrons. The number of primary amides is 1. The zero-order valence-electron chi connectivity index (χ0n) is 63.2. The number of nitrogens with two attached hydrogens (primary N) is 9. The maximum atomic E-state index is 15.5. The van der Waals surface area contributed by atoms with E-state index in [1.807, 2.05) is 24.3 Å². The van der Waals surface area contributed by atoms with Crippen molar-refractivity contribution in [2.24, 2.45) is 107 Å². The van der Waals surface area contributed by atoms with Crippen molar-refractivity contribution in [2.45, 2.75) is 186 Å². The Labute approximate surface area is 651 Å². The summed E-state index contributed by atoms with van der Waals surface area (Å²) in [5.41, 5.74) is 50.5. The molecule has 26 N–H and O–H groups in total. The lowest BCUT2D eigenvalue weighted by atomic mass is 9.85. The second-order valence-electron chi connectivity index (χ2n) is 28.3. The lowest BCUT2D eigenvalue weighted by Gasteiger charge is -2.30. The van der Waals surface area contributed by atoms with E-state index in [4.69, 9.17) is 51.6 Å². The van der Waals surface area contributed by atoms with Gasteiger partial charge < -0.3 is 93.7 Å². The van der Waals surface area contributed by atoms with Crippen LogP contribution in [0.1, 0.15) is 142 Å². The Balaban J connectivity index is 2.14. The number of aliphatic carboxylic acids is 1. The molecule has 0 aromatic heterocycles. The molecular weight excluding hydrogens is 1460 g/mol. The summed E-state index contributed by atoms with van der Waals surface area (Å²) in [6.07, 6.45) is -5.08. The van der Waals surface area contributed by atoms with Crippen molar-refractivity contribution in [3.63, 3.8) is 0 Å². The number of carboxylic acid groups (broad SMARTS) is 1. The molecule has 0 aliphatic carbocycles. The van der Waals surface area contributed by atoms with Crippen molar-refractivity contribution in [3.8, 4) is 0 Å². The molecule has 0 spiro atoms. The Morgan fingerprint density at radius 2 is 0.836 bits per heavy atom. The van der Waals surface area contributed by atoms with Gasteiger partial charge in [-0.05, 0) is 105 Å². The number of ketones is 5. The molecule has 0 unspecified atom stereocenters. The van der Waals surface area contributed by atoms with Crippen LogP contribution in [0, 0.1) is 35.0 Å². The number of Topliss-reactive ketones (excluding diaryl/α,β-unsaturated/α-hetero) is 5. The summed E-state index contributed by atoms with van der Waals surface area (Å²) in [6, 6.07) is 12.7. The van der Waals surface area contributed by atoms with Crippen molar-refractivity contribution in [2.75, 3.05) is 37.7 Å². The van der Waals surface area contributed by atoms with Crippen LogP contribution in [-0.2, 0) is 75.2 Å². The van der Waals surface area contributed by atoms with Crippen LogP contribution in [0.2, 0.25) is 0 Å². The molecule has 3 rings (SSSR count). The van der Waals surface area contributed by atoms with Gasteiger partial charge in [0.2, 0.25) is 41.4 Å². The smallest absolute Gasteiger partial charge is 0.326 e. The van der Waals surface area contributed by atoms with Crippen molar-refractivity contribution < 1.29 is 72.5 Å². The number of aliphatic hydroxyl groups is 1. The number of carbonyl (C=O) groups is 13.